The van der Waals surface area contributed by atoms with Gasteiger partial charge in [-0.15, -0.1) is 0 Å². The number of anilines is 1. The van der Waals surface area contributed by atoms with Gasteiger partial charge in [0.2, 0.25) is 0 Å². The second-order valence-electron chi connectivity index (χ2n) is 5.55. The molecule has 1 atom stereocenters. The lowest BCUT2D eigenvalue weighted by atomic mass is 10.2. The molecule has 0 spiro atoms. The highest BCUT2D eigenvalue weighted by atomic mass is 32.2. The summed E-state index contributed by atoms with van der Waals surface area (Å²) in [5.74, 6) is -0.839. The number of hydrogen-bond donors (Lipinski definition) is 2. The molecule has 2 aromatic rings. The van der Waals surface area contributed by atoms with Crippen LogP contribution in [0.2, 0.25) is 0 Å². The van der Waals surface area contributed by atoms with Crippen LogP contribution in [0.5, 0.6) is 5.75 Å². The fourth-order valence-electron chi connectivity index (χ4n) is 2.25. The summed E-state index contributed by atoms with van der Waals surface area (Å²) in [5, 5.41) is 2.44. The van der Waals surface area contributed by atoms with E-state index in [4.69, 9.17) is 4.74 Å². The van der Waals surface area contributed by atoms with Gasteiger partial charge in [-0.1, -0.05) is 18.2 Å². The lowest BCUT2D eigenvalue weighted by Gasteiger charge is -2.13. The first-order chi connectivity index (χ1) is 12.8. The van der Waals surface area contributed by atoms with Gasteiger partial charge >= 0.3 is 5.97 Å². The van der Waals surface area contributed by atoms with Crippen LogP contribution in [0, 0.1) is 0 Å². The van der Waals surface area contributed by atoms with Crippen molar-refractivity contribution in [1.82, 2.24) is 5.32 Å². The number of esters is 1. The van der Waals surface area contributed by atoms with Crippen molar-refractivity contribution >= 4 is 27.6 Å². The fourth-order valence-corrected chi connectivity index (χ4v) is 3.37. The van der Waals surface area contributed by atoms with Crippen molar-refractivity contribution in [3.8, 4) is 5.75 Å². The van der Waals surface area contributed by atoms with Crippen LogP contribution < -0.4 is 14.8 Å². The number of methoxy groups -OCH3 is 2. The van der Waals surface area contributed by atoms with Gasteiger partial charge in [-0.25, -0.2) is 13.2 Å². The summed E-state index contributed by atoms with van der Waals surface area (Å²) in [6.45, 7) is 1.47. The van der Waals surface area contributed by atoms with E-state index in [-0.39, 0.29) is 16.1 Å². The summed E-state index contributed by atoms with van der Waals surface area (Å²) in [6.07, 6.45) is 0. The van der Waals surface area contributed by atoms with Gasteiger partial charge in [-0.05, 0) is 37.3 Å². The zero-order valence-corrected chi connectivity index (χ0v) is 15.9. The second-order valence-corrected chi connectivity index (χ2v) is 7.23. The van der Waals surface area contributed by atoms with Crippen molar-refractivity contribution in [3.63, 3.8) is 0 Å². The standard InChI is InChI=1S/C18H20N2O6S/c1-12(18(22)26-3)19-17(21)13-7-6-8-14(11-13)27(23,24)20-15-9-4-5-10-16(15)25-2/h4-12,20H,1-3H3,(H,19,21)/t12-/m1/s1. The molecule has 0 saturated carbocycles. The Morgan fingerprint density at radius 1 is 1.04 bits per heavy atom. The lowest BCUT2D eigenvalue weighted by Crippen LogP contribution is -2.39. The Hall–Kier alpha value is -3.07. The Morgan fingerprint density at radius 2 is 1.74 bits per heavy atom. The summed E-state index contributed by atoms with van der Waals surface area (Å²) < 4.78 is 37.4. The summed E-state index contributed by atoms with van der Waals surface area (Å²) in [4.78, 5) is 23.6. The molecule has 144 valence electrons. The van der Waals surface area contributed by atoms with Crippen LogP contribution in [0.15, 0.2) is 53.4 Å². The number of carbonyl (C=O) groups excluding carboxylic acids is 2. The van der Waals surface area contributed by atoms with Gasteiger partial charge in [0.15, 0.2) is 0 Å². The summed E-state index contributed by atoms with van der Waals surface area (Å²) in [5.41, 5.74) is 0.364. The Labute approximate surface area is 157 Å². The van der Waals surface area contributed by atoms with Crippen LogP contribution in [0.25, 0.3) is 0 Å². The minimum Gasteiger partial charge on any atom is -0.495 e. The van der Waals surface area contributed by atoms with Crippen LogP contribution in [0.1, 0.15) is 17.3 Å². The predicted octanol–water partition coefficient (Wildman–Crippen LogP) is 1.79. The van der Waals surface area contributed by atoms with Gasteiger partial charge in [0.1, 0.15) is 11.8 Å². The summed E-state index contributed by atoms with van der Waals surface area (Å²) in [6, 6.07) is 11.2. The molecule has 0 aliphatic rings. The quantitative estimate of drug-likeness (QED) is 0.695. The number of rotatable bonds is 7. The molecule has 0 aromatic heterocycles. The highest BCUT2D eigenvalue weighted by Crippen LogP contribution is 2.26. The Bertz CT molecular complexity index is 942. The maximum absolute atomic E-state index is 12.6. The lowest BCUT2D eigenvalue weighted by molar-refractivity contribution is -0.142. The molecule has 2 N–H and O–H groups in total. The smallest absolute Gasteiger partial charge is 0.328 e. The third kappa shape index (κ3) is 4.98. The molecule has 27 heavy (non-hydrogen) atoms. The molecular weight excluding hydrogens is 372 g/mol. The van der Waals surface area contributed by atoms with E-state index in [0.29, 0.717) is 5.75 Å². The van der Waals surface area contributed by atoms with Crippen LogP contribution in [0.4, 0.5) is 5.69 Å². The highest BCUT2D eigenvalue weighted by molar-refractivity contribution is 7.92. The van der Waals surface area contributed by atoms with E-state index in [1.807, 2.05) is 0 Å². The molecule has 2 rings (SSSR count). The predicted molar refractivity (Wildman–Crippen MR) is 99.2 cm³/mol. The number of sulfonamides is 1. The Morgan fingerprint density at radius 3 is 2.41 bits per heavy atom. The minimum absolute atomic E-state index is 0.0913. The number of hydrogen-bond acceptors (Lipinski definition) is 6. The number of para-hydroxylation sites is 2. The van der Waals surface area contributed by atoms with Crippen molar-refractivity contribution in [2.75, 3.05) is 18.9 Å². The molecular formula is C18H20N2O6S. The molecule has 0 aliphatic carbocycles. The van der Waals surface area contributed by atoms with E-state index in [1.165, 1.54) is 45.4 Å². The first-order valence-corrected chi connectivity index (χ1v) is 9.41. The fraction of sp³-hybridized carbons (Fsp3) is 0.222. The van der Waals surface area contributed by atoms with E-state index in [2.05, 4.69) is 14.8 Å². The van der Waals surface area contributed by atoms with E-state index in [1.54, 1.807) is 24.3 Å². The van der Waals surface area contributed by atoms with Crippen LogP contribution >= 0.6 is 0 Å². The SMILES string of the molecule is COC(=O)[C@@H](C)NC(=O)c1cccc(S(=O)(=O)Nc2ccccc2OC)c1. The molecule has 0 heterocycles. The molecule has 0 unspecified atom stereocenters. The van der Waals surface area contributed by atoms with Crippen molar-refractivity contribution in [2.24, 2.45) is 0 Å². The Balaban J connectivity index is 2.25. The number of carbonyl (C=O) groups is 2. The zero-order valence-electron chi connectivity index (χ0n) is 15.1. The maximum atomic E-state index is 12.6. The average molecular weight is 392 g/mol. The molecule has 0 radical (unpaired) electrons. The summed E-state index contributed by atoms with van der Waals surface area (Å²) in [7, 11) is -1.31. The maximum Gasteiger partial charge on any atom is 0.328 e. The number of benzene rings is 2. The van der Waals surface area contributed by atoms with Crippen LogP contribution in [-0.2, 0) is 19.6 Å². The first-order valence-electron chi connectivity index (χ1n) is 7.93. The molecule has 1 amide bonds. The normalized spacial score (nSPS) is 12.0. The van der Waals surface area contributed by atoms with Crippen molar-refractivity contribution in [1.29, 1.82) is 0 Å². The molecule has 0 fully saturated rings. The Kier molecular flexibility index (Phi) is 6.40. The number of ether oxygens (including phenoxy) is 2. The first kappa shape index (κ1) is 20.2. The van der Waals surface area contributed by atoms with Crippen molar-refractivity contribution < 1.29 is 27.5 Å². The summed E-state index contributed by atoms with van der Waals surface area (Å²) >= 11 is 0. The zero-order chi connectivity index (χ0) is 20.0. The van der Waals surface area contributed by atoms with Crippen LogP contribution in [0.3, 0.4) is 0 Å². The van der Waals surface area contributed by atoms with E-state index in [0.717, 1.165) is 0 Å². The monoisotopic (exact) mass is 392 g/mol. The van der Waals surface area contributed by atoms with Gasteiger partial charge in [0.25, 0.3) is 15.9 Å². The second kappa shape index (κ2) is 8.54. The molecule has 2 aromatic carbocycles. The third-order valence-corrected chi connectivity index (χ3v) is 5.02. The van der Waals surface area contributed by atoms with E-state index in [9.17, 15) is 18.0 Å². The highest BCUT2D eigenvalue weighted by Gasteiger charge is 2.20. The van der Waals surface area contributed by atoms with Gasteiger partial charge in [-0.3, -0.25) is 9.52 Å². The van der Waals surface area contributed by atoms with Crippen LogP contribution in [-0.4, -0.2) is 40.6 Å². The van der Waals surface area contributed by atoms with E-state index >= 15 is 0 Å². The van der Waals surface area contributed by atoms with Gasteiger partial charge in [0.05, 0.1) is 24.8 Å². The molecule has 8 nitrogen and oxygen atoms in total. The van der Waals surface area contributed by atoms with Gasteiger partial charge < -0.3 is 14.8 Å². The average Bonchev–Trinajstić information content (AvgIpc) is 2.67. The van der Waals surface area contributed by atoms with Gasteiger partial charge in [-0.2, -0.15) is 0 Å². The molecule has 0 bridgehead atoms. The van der Waals surface area contributed by atoms with Crippen molar-refractivity contribution in [3.05, 3.63) is 54.1 Å². The minimum atomic E-state index is -3.95. The molecule has 9 heteroatoms. The number of nitrogens with one attached hydrogen (secondary N) is 2. The van der Waals surface area contributed by atoms with Gasteiger partial charge in [0, 0.05) is 5.56 Å². The topological polar surface area (TPSA) is 111 Å². The largest absolute Gasteiger partial charge is 0.495 e. The van der Waals surface area contributed by atoms with E-state index < -0.39 is 27.9 Å². The third-order valence-electron chi connectivity index (χ3n) is 3.66. The molecule has 0 aliphatic heterocycles. The molecule has 0 saturated heterocycles. The van der Waals surface area contributed by atoms with Crippen molar-refractivity contribution in [2.45, 2.75) is 17.9 Å². The number of amides is 1.